The SMILES string of the molecule is C.C.C.CCC(CC(CC(C)c1ccc(O)cc1)C(=O)OC(C)(C)C)C(=O)OCC(C(=O)OC(C)(C)C)C(=O)OC(C)(C)C.CCC(CC(CC(C)c1ccc(OC(C)=O)cc1)C(=O)OC(C)(C)C)C(=O)OCC(C(=O)OC(C)(C)C)C(=O)OC(C)(C)C. The third kappa shape index (κ3) is 35.5. The molecular weight excluding hydrogens is 1130 g/mol. The minimum Gasteiger partial charge on any atom is -0.508 e. The summed E-state index contributed by atoms with van der Waals surface area (Å²) in [6.07, 6.45) is 1.81. The van der Waals surface area contributed by atoms with Crippen LogP contribution in [0, 0.1) is 35.5 Å². The number of hydrogen-bond acceptors (Lipinski definition) is 19. The van der Waals surface area contributed by atoms with Gasteiger partial charge in [0.15, 0.2) is 11.8 Å². The molecule has 2 aromatic carbocycles. The quantitative estimate of drug-likeness (QED) is 0.0419. The maximum Gasteiger partial charge on any atom is 0.324 e. The van der Waals surface area contributed by atoms with Gasteiger partial charge in [0.25, 0.3) is 0 Å². The molecular formula is C69H114O19. The molecule has 2 aromatic rings. The predicted octanol–water partition coefficient (Wildman–Crippen LogP) is 14.3. The van der Waals surface area contributed by atoms with Gasteiger partial charge in [0.2, 0.25) is 0 Å². The molecule has 19 nitrogen and oxygen atoms in total. The van der Waals surface area contributed by atoms with Crippen LogP contribution in [0.2, 0.25) is 0 Å². The molecule has 6 atom stereocenters. The molecule has 88 heavy (non-hydrogen) atoms. The van der Waals surface area contributed by atoms with Gasteiger partial charge in [-0.25, -0.2) is 0 Å². The maximum atomic E-state index is 13.3. The zero-order valence-electron chi connectivity index (χ0n) is 55.2. The Balaban J connectivity index is -0.00000159. The van der Waals surface area contributed by atoms with Gasteiger partial charge < -0.3 is 47.7 Å². The first-order chi connectivity index (χ1) is 38.6. The summed E-state index contributed by atoms with van der Waals surface area (Å²) in [5, 5.41) is 9.63. The second kappa shape index (κ2) is 36.8. The number of carbonyl (C=O) groups is 9. The number of ether oxygens (including phenoxy) is 9. The molecule has 0 amide bonds. The average Bonchev–Trinajstić information content (AvgIpc) is 3.29. The highest BCUT2D eigenvalue weighted by Gasteiger charge is 2.40. The number of benzene rings is 2. The van der Waals surface area contributed by atoms with Crippen molar-refractivity contribution >= 4 is 53.7 Å². The summed E-state index contributed by atoms with van der Waals surface area (Å²) in [4.78, 5) is 116. The molecule has 6 unspecified atom stereocenters. The van der Waals surface area contributed by atoms with Gasteiger partial charge in [-0.05, 0) is 210 Å². The van der Waals surface area contributed by atoms with E-state index < -0.39 is 136 Å². The van der Waals surface area contributed by atoms with E-state index in [2.05, 4.69) is 0 Å². The summed E-state index contributed by atoms with van der Waals surface area (Å²) < 4.78 is 49.1. The number of carbonyl (C=O) groups excluding carboxylic acids is 9. The lowest BCUT2D eigenvalue weighted by Crippen LogP contribution is -2.40. The van der Waals surface area contributed by atoms with E-state index in [0.29, 0.717) is 31.4 Å². The van der Waals surface area contributed by atoms with Crippen molar-refractivity contribution in [3.63, 3.8) is 0 Å². The van der Waals surface area contributed by atoms with Crippen molar-refractivity contribution in [2.24, 2.45) is 35.5 Å². The minimum absolute atomic E-state index is 0. The summed E-state index contributed by atoms with van der Waals surface area (Å²) in [5.41, 5.74) is -3.05. The number of phenolic OH excluding ortho intramolecular Hbond substituents is 1. The second-order valence-corrected chi connectivity index (χ2v) is 27.7. The van der Waals surface area contributed by atoms with Crippen LogP contribution < -0.4 is 4.74 Å². The fourth-order valence-corrected chi connectivity index (χ4v) is 8.38. The van der Waals surface area contributed by atoms with Crippen LogP contribution in [0.15, 0.2) is 48.5 Å². The zero-order valence-corrected chi connectivity index (χ0v) is 55.2. The summed E-state index contributed by atoms with van der Waals surface area (Å²) in [7, 11) is 0. The van der Waals surface area contributed by atoms with Gasteiger partial charge >= 0.3 is 53.7 Å². The van der Waals surface area contributed by atoms with Crippen molar-refractivity contribution < 1.29 is 90.9 Å². The predicted molar refractivity (Wildman–Crippen MR) is 340 cm³/mol. The molecule has 0 aliphatic rings. The first-order valence-electron chi connectivity index (χ1n) is 29.4. The van der Waals surface area contributed by atoms with Gasteiger partial charge in [-0.1, -0.05) is 74.2 Å². The highest BCUT2D eigenvalue weighted by molar-refractivity contribution is 5.96. The molecule has 504 valence electrons. The molecule has 2 rings (SSSR count). The summed E-state index contributed by atoms with van der Waals surface area (Å²) in [6.45, 7) is 38.5. The Hall–Kier alpha value is -6.53. The number of aromatic hydroxyl groups is 1. The Morgan fingerprint density at radius 1 is 0.375 bits per heavy atom. The third-order valence-electron chi connectivity index (χ3n) is 12.3. The van der Waals surface area contributed by atoms with Crippen molar-refractivity contribution in [2.45, 2.75) is 265 Å². The van der Waals surface area contributed by atoms with Gasteiger partial charge in [0.1, 0.15) is 58.3 Å². The Labute approximate surface area is 528 Å². The topological polar surface area (TPSA) is 257 Å². The Bertz CT molecular complexity index is 2450. The molecule has 0 spiro atoms. The standard InChI is InChI=1S/C34H52O10.C32H50O9.3CH4/c1-13-23(28(36)40-20-27(30(38)43-33(7,8)9)31(39)44-34(10,11)12)19-25(29(37)42-32(4,5)6)18-21(2)24-14-16-26(17-15-24)41-22(3)35;1-12-21(26(34)38-19-25(28(36)40-31(6,7)8)29(37)41-32(9,10)11)18-23(27(35)39-30(3,4)5)17-20(2)22-13-15-24(33)16-14-22;;;/h14-17,21,23,25,27H,13,18-20H2,1-12H3;13-16,20-21,23,25,33H,12,17-19H2,1-11H3;3*1H4. The van der Waals surface area contributed by atoms with E-state index in [-0.39, 0.29) is 52.7 Å². The first-order valence-corrected chi connectivity index (χ1v) is 29.4. The molecule has 0 aliphatic heterocycles. The Kier molecular flexibility index (Phi) is 35.9. The fraction of sp³-hybridized carbons (Fsp3) is 0.696. The van der Waals surface area contributed by atoms with Crippen molar-refractivity contribution in [1.29, 1.82) is 0 Å². The van der Waals surface area contributed by atoms with E-state index in [0.717, 1.165) is 11.1 Å². The van der Waals surface area contributed by atoms with Crippen LogP contribution in [0.4, 0.5) is 0 Å². The number of rotatable bonds is 25. The average molecular weight is 1250 g/mol. The molecule has 0 saturated heterocycles. The van der Waals surface area contributed by atoms with E-state index >= 15 is 0 Å². The van der Waals surface area contributed by atoms with Crippen molar-refractivity contribution in [3.8, 4) is 11.5 Å². The summed E-state index contributed by atoms with van der Waals surface area (Å²) >= 11 is 0. The van der Waals surface area contributed by atoms with E-state index in [1.807, 2.05) is 26.0 Å². The Morgan fingerprint density at radius 3 is 0.864 bits per heavy atom. The minimum atomic E-state index is -1.47. The van der Waals surface area contributed by atoms with Crippen LogP contribution in [-0.2, 0) is 81.0 Å². The van der Waals surface area contributed by atoms with E-state index in [1.54, 1.807) is 175 Å². The molecule has 0 bridgehead atoms. The van der Waals surface area contributed by atoms with Crippen molar-refractivity contribution in [2.75, 3.05) is 13.2 Å². The number of hydrogen-bond donors (Lipinski definition) is 1. The van der Waals surface area contributed by atoms with Crippen molar-refractivity contribution in [1.82, 2.24) is 0 Å². The van der Waals surface area contributed by atoms with Gasteiger partial charge in [-0.3, -0.25) is 43.2 Å². The van der Waals surface area contributed by atoms with E-state index in [4.69, 9.17) is 42.6 Å². The second-order valence-electron chi connectivity index (χ2n) is 27.7. The lowest BCUT2D eigenvalue weighted by molar-refractivity contribution is -0.181. The van der Waals surface area contributed by atoms with Crippen LogP contribution in [0.1, 0.15) is 243 Å². The smallest absolute Gasteiger partial charge is 0.324 e. The highest BCUT2D eigenvalue weighted by atomic mass is 16.6. The maximum absolute atomic E-state index is 13.3. The van der Waals surface area contributed by atoms with Crippen molar-refractivity contribution in [3.05, 3.63) is 59.7 Å². The molecule has 0 saturated carbocycles. The molecule has 0 radical (unpaired) electrons. The fourth-order valence-electron chi connectivity index (χ4n) is 8.38. The summed E-state index contributed by atoms with van der Waals surface area (Å²) in [5.74, 6) is -11.1. The van der Waals surface area contributed by atoms with Gasteiger partial charge in [-0.15, -0.1) is 0 Å². The van der Waals surface area contributed by atoms with Gasteiger partial charge in [0.05, 0.1) is 23.7 Å². The van der Waals surface area contributed by atoms with Crippen LogP contribution >= 0.6 is 0 Å². The molecule has 19 heteroatoms. The van der Waals surface area contributed by atoms with Crippen LogP contribution in [0.25, 0.3) is 0 Å². The number of esters is 9. The van der Waals surface area contributed by atoms with Crippen LogP contribution in [0.3, 0.4) is 0 Å². The van der Waals surface area contributed by atoms with E-state index in [9.17, 15) is 48.3 Å². The molecule has 1 N–H and O–H groups in total. The molecule has 0 fully saturated rings. The third-order valence-corrected chi connectivity index (χ3v) is 12.3. The normalized spacial score (nSPS) is 13.9. The lowest BCUT2D eigenvalue weighted by Gasteiger charge is -2.28. The van der Waals surface area contributed by atoms with Crippen LogP contribution in [-0.4, -0.2) is 106 Å². The molecule has 0 aromatic heterocycles. The molecule has 0 aliphatic carbocycles. The Morgan fingerprint density at radius 2 is 0.625 bits per heavy atom. The van der Waals surface area contributed by atoms with Gasteiger partial charge in [-0.2, -0.15) is 0 Å². The highest BCUT2D eigenvalue weighted by Crippen LogP contribution is 2.34. The molecule has 0 heterocycles. The van der Waals surface area contributed by atoms with Gasteiger partial charge in [0, 0.05) is 6.92 Å². The lowest BCUT2D eigenvalue weighted by atomic mass is 9.84. The van der Waals surface area contributed by atoms with E-state index in [1.165, 1.54) is 6.92 Å². The number of phenols is 1. The summed E-state index contributed by atoms with van der Waals surface area (Å²) in [6, 6.07) is 13.8. The monoisotopic (exact) mass is 1250 g/mol. The van der Waals surface area contributed by atoms with Crippen LogP contribution in [0.5, 0.6) is 11.5 Å². The zero-order chi connectivity index (χ0) is 65.8. The first kappa shape index (κ1) is 85.7. The largest absolute Gasteiger partial charge is 0.508 e.